The first-order chi connectivity index (χ1) is 9.49. The van der Waals surface area contributed by atoms with Crippen molar-refractivity contribution in [1.82, 2.24) is 5.32 Å². The molecule has 0 saturated carbocycles. The van der Waals surface area contributed by atoms with E-state index in [1.807, 2.05) is 25.2 Å². The van der Waals surface area contributed by atoms with Crippen molar-refractivity contribution < 1.29 is 17.9 Å². The van der Waals surface area contributed by atoms with Crippen molar-refractivity contribution in [3.05, 3.63) is 29.3 Å². The maximum atomic E-state index is 12.0. The van der Waals surface area contributed by atoms with E-state index in [-0.39, 0.29) is 13.0 Å². The molecule has 0 spiro atoms. The van der Waals surface area contributed by atoms with E-state index in [4.69, 9.17) is 4.74 Å². The van der Waals surface area contributed by atoms with Crippen LogP contribution in [0.5, 0.6) is 5.75 Å². The monoisotopic (exact) mass is 287 g/mol. The Labute approximate surface area is 117 Å². The fourth-order valence-electron chi connectivity index (χ4n) is 2.64. The van der Waals surface area contributed by atoms with E-state index in [1.54, 1.807) is 0 Å². The molecule has 0 radical (unpaired) electrons. The van der Waals surface area contributed by atoms with Gasteiger partial charge in [-0.2, -0.15) is 13.2 Å². The van der Waals surface area contributed by atoms with Gasteiger partial charge in [0.05, 0.1) is 6.61 Å². The third-order valence-corrected chi connectivity index (χ3v) is 3.65. The maximum absolute atomic E-state index is 12.0. The molecule has 0 saturated heterocycles. The van der Waals surface area contributed by atoms with Crippen LogP contribution >= 0.6 is 0 Å². The van der Waals surface area contributed by atoms with Gasteiger partial charge >= 0.3 is 6.18 Å². The molecule has 0 aliphatic heterocycles. The predicted octanol–water partition coefficient (Wildman–Crippen LogP) is 4.00. The first kappa shape index (κ1) is 15.2. The van der Waals surface area contributed by atoms with Crippen LogP contribution in [0.4, 0.5) is 13.2 Å². The topological polar surface area (TPSA) is 21.3 Å². The van der Waals surface area contributed by atoms with Crippen molar-refractivity contribution in [2.24, 2.45) is 0 Å². The third-order valence-electron chi connectivity index (χ3n) is 3.65. The molecule has 20 heavy (non-hydrogen) atoms. The highest BCUT2D eigenvalue weighted by Gasteiger charge is 2.26. The van der Waals surface area contributed by atoms with Crippen molar-refractivity contribution in [3.63, 3.8) is 0 Å². The van der Waals surface area contributed by atoms with E-state index >= 15 is 0 Å². The molecular formula is C15H20F3NO. The number of fused-ring (bicyclic) bond motifs is 1. The number of halogens is 3. The molecule has 112 valence electrons. The Kier molecular flexibility index (Phi) is 4.91. The molecule has 1 aliphatic carbocycles. The SMILES string of the molecule is CNC1CCCc2cc(OCCCC(F)(F)F)ccc21. The van der Waals surface area contributed by atoms with Crippen molar-refractivity contribution >= 4 is 0 Å². The van der Waals surface area contributed by atoms with Crippen molar-refractivity contribution in [1.29, 1.82) is 0 Å². The van der Waals surface area contributed by atoms with Gasteiger partial charge in [0.2, 0.25) is 0 Å². The summed E-state index contributed by atoms with van der Waals surface area (Å²) in [6.45, 7) is 0.105. The molecule has 2 nitrogen and oxygen atoms in total. The van der Waals surface area contributed by atoms with Crippen LogP contribution in [-0.4, -0.2) is 19.8 Å². The second-order valence-corrected chi connectivity index (χ2v) is 5.16. The lowest BCUT2D eigenvalue weighted by Gasteiger charge is -2.25. The molecule has 1 atom stereocenters. The molecule has 0 fully saturated rings. The average Bonchev–Trinajstić information content (AvgIpc) is 2.41. The van der Waals surface area contributed by atoms with Gasteiger partial charge in [-0.3, -0.25) is 0 Å². The Morgan fingerprint density at radius 1 is 1.35 bits per heavy atom. The Bertz CT molecular complexity index is 445. The predicted molar refractivity (Wildman–Crippen MR) is 72.0 cm³/mol. The minimum atomic E-state index is -4.10. The van der Waals surface area contributed by atoms with E-state index < -0.39 is 12.6 Å². The van der Waals surface area contributed by atoms with Gasteiger partial charge in [-0.05, 0) is 56.0 Å². The summed E-state index contributed by atoms with van der Waals surface area (Å²) < 4.78 is 41.5. The summed E-state index contributed by atoms with van der Waals surface area (Å²) in [5.74, 6) is 0.669. The fraction of sp³-hybridized carbons (Fsp3) is 0.600. The third kappa shape index (κ3) is 4.13. The van der Waals surface area contributed by atoms with E-state index in [9.17, 15) is 13.2 Å². The Morgan fingerprint density at radius 2 is 2.15 bits per heavy atom. The first-order valence-electron chi connectivity index (χ1n) is 6.99. The van der Waals surface area contributed by atoms with E-state index in [0.717, 1.165) is 19.3 Å². The van der Waals surface area contributed by atoms with Crippen LogP contribution in [-0.2, 0) is 6.42 Å². The lowest BCUT2D eigenvalue weighted by molar-refractivity contribution is -0.136. The van der Waals surface area contributed by atoms with Crippen LogP contribution in [0.15, 0.2) is 18.2 Å². The number of nitrogens with one attached hydrogen (secondary N) is 1. The first-order valence-corrected chi connectivity index (χ1v) is 6.99. The van der Waals surface area contributed by atoms with E-state index in [0.29, 0.717) is 11.8 Å². The minimum absolute atomic E-state index is 0.000273. The molecule has 1 N–H and O–H groups in total. The second kappa shape index (κ2) is 6.48. The summed E-state index contributed by atoms with van der Waals surface area (Å²) in [6, 6.07) is 6.21. The zero-order chi connectivity index (χ0) is 14.6. The van der Waals surface area contributed by atoms with Crippen LogP contribution in [0.25, 0.3) is 0 Å². The highest BCUT2D eigenvalue weighted by Crippen LogP contribution is 2.32. The number of hydrogen-bond donors (Lipinski definition) is 1. The maximum Gasteiger partial charge on any atom is 0.389 e. The number of rotatable bonds is 5. The van der Waals surface area contributed by atoms with Crippen LogP contribution in [0.1, 0.15) is 42.9 Å². The largest absolute Gasteiger partial charge is 0.494 e. The molecule has 5 heteroatoms. The van der Waals surface area contributed by atoms with Crippen molar-refractivity contribution in [2.75, 3.05) is 13.7 Å². The molecule has 0 heterocycles. The van der Waals surface area contributed by atoms with Gasteiger partial charge in [0.25, 0.3) is 0 Å². The lowest BCUT2D eigenvalue weighted by Crippen LogP contribution is -2.21. The quantitative estimate of drug-likeness (QED) is 0.826. The van der Waals surface area contributed by atoms with Gasteiger partial charge in [-0.25, -0.2) is 0 Å². The highest BCUT2D eigenvalue weighted by molar-refractivity contribution is 5.39. The van der Waals surface area contributed by atoms with Gasteiger partial charge in [0.15, 0.2) is 0 Å². The van der Waals surface area contributed by atoms with Crippen molar-refractivity contribution in [2.45, 2.75) is 44.3 Å². The molecule has 1 aromatic carbocycles. The summed E-state index contributed by atoms with van der Waals surface area (Å²) in [7, 11) is 1.95. The summed E-state index contributed by atoms with van der Waals surface area (Å²) >= 11 is 0. The second-order valence-electron chi connectivity index (χ2n) is 5.16. The van der Waals surface area contributed by atoms with Crippen molar-refractivity contribution in [3.8, 4) is 5.75 Å². The molecule has 0 bridgehead atoms. The Morgan fingerprint density at radius 3 is 2.85 bits per heavy atom. The summed E-state index contributed by atoms with van der Waals surface area (Å²) in [5.41, 5.74) is 2.52. The lowest BCUT2D eigenvalue weighted by atomic mass is 9.87. The molecular weight excluding hydrogens is 267 g/mol. The average molecular weight is 287 g/mol. The summed E-state index contributed by atoms with van der Waals surface area (Å²) in [6.07, 6.45) is -1.64. The summed E-state index contributed by atoms with van der Waals surface area (Å²) in [5, 5.41) is 3.28. The number of aryl methyl sites for hydroxylation is 1. The van der Waals surface area contributed by atoms with Crippen LogP contribution in [0.2, 0.25) is 0 Å². The van der Waals surface area contributed by atoms with Crippen LogP contribution < -0.4 is 10.1 Å². The van der Waals surface area contributed by atoms with E-state index in [1.165, 1.54) is 11.1 Å². The molecule has 0 amide bonds. The molecule has 1 aliphatic rings. The Hall–Kier alpha value is -1.23. The summed E-state index contributed by atoms with van der Waals surface area (Å²) in [4.78, 5) is 0. The minimum Gasteiger partial charge on any atom is -0.494 e. The van der Waals surface area contributed by atoms with Crippen LogP contribution in [0.3, 0.4) is 0 Å². The Balaban J connectivity index is 1.91. The zero-order valence-electron chi connectivity index (χ0n) is 11.6. The van der Waals surface area contributed by atoms with Gasteiger partial charge < -0.3 is 10.1 Å². The van der Waals surface area contributed by atoms with Gasteiger partial charge in [0, 0.05) is 12.5 Å². The molecule has 0 aromatic heterocycles. The van der Waals surface area contributed by atoms with Gasteiger partial charge in [-0.15, -0.1) is 0 Å². The van der Waals surface area contributed by atoms with Crippen LogP contribution in [0, 0.1) is 0 Å². The van der Waals surface area contributed by atoms with Gasteiger partial charge in [-0.1, -0.05) is 6.07 Å². The number of benzene rings is 1. The van der Waals surface area contributed by atoms with Gasteiger partial charge in [0.1, 0.15) is 5.75 Å². The number of ether oxygens (including phenoxy) is 1. The smallest absolute Gasteiger partial charge is 0.389 e. The highest BCUT2D eigenvalue weighted by atomic mass is 19.4. The zero-order valence-corrected chi connectivity index (χ0v) is 11.6. The number of hydrogen-bond acceptors (Lipinski definition) is 2. The standard InChI is InChI=1S/C15H20F3NO/c1-19-14-5-2-4-11-10-12(6-7-13(11)14)20-9-3-8-15(16,17)18/h6-7,10,14,19H,2-5,8-9H2,1H3. The molecule has 1 unspecified atom stereocenters. The normalized spacial score (nSPS) is 18.7. The molecule has 2 rings (SSSR count). The molecule has 1 aromatic rings. The fourth-order valence-corrected chi connectivity index (χ4v) is 2.64. The van der Waals surface area contributed by atoms with E-state index in [2.05, 4.69) is 5.32 Å². The number of alkyl halides is 3.